The lowest BCUT2D eigenvalue weighted by Gasteiger charge is -2.40. The first-order valence-corrected chi connectivity index (χ1v) is 7.64. The molecule has 0 aliphatic carbocycles. The third-order valence-electron chi connectivity index (χ3n) is 4.54. The second-order valence-corrected chi connectivity index (χ2v) is 5.82. The van der Waals surface area contributed by atoms with Crippen LogP contribution in [0.2, 0.25) is 0 Å². The van der Waals surface area contributed by atoms with Crippen molar-refractivity contribution in [3.8, 4) is 0 Å². The lowest BCUT2D eigenvalue weighted by Crippen LogP contribution is -2.65. The van der Waals surface area contributed by atoms with Crippen LogP contribution in [-0.4, -0.2) is 6.15 Å². The molecule has 0 saturated carbocycles. The van der Waals surface area contributed by atoms with Crippen LogP contribution >= 0.6 is 0 Å². The van der Waals surface area contributed by atoms with Crippen LogP contribution in [0.3, 0.4) is 0 Å². The van der Waals surface area contributed by atoms with Gasteiger partial charge >= 0.3 is 0 Å². The van der Waals surface area contributed by atoms with Crippen LogP contribution in [0, 0.1) is 17.5 Å². The van der Waals surface area contributed by atoms with Gasteiger partial charge in [-0.3, -0.25) is 0 Å². The molecule has 0 amide bonds. The van der Waals surface area contributed by atoms with Crippen molar-refractivity contribution >= 4 is 36.0 Å². The summed E-state index contributed by atoms with van der Waals surface area (Å²) in [6.07, 6.45) is -1.68. The number of halogens is 3. The Bertz CT molecular complexity index is 733. The van der Waals surface area contributed by atoms with Gasteiger partial charge in [-0.15, -0.1) is 6.58 Å². The fraction of sp³-hybridized carbons (Fsp3) is 0. The summed E-state index contributed by atoms with van der Waals surface area (Å²) in [5, 5.41) is 0. The van der Waals surface area contributed by atoms with Crippen molar-refractivity contribution in [1.82, 2.24) is 0 Å². The van der Waals surface area contributed by atoms with Crippen LogP contribution in [0.5, 0.6) is 0 Å². The van der Waals surface area contributed by atoms with Gasteiger partial charge in [-0.05, 0) is 36.4 Å². The van der Waals surface area contributed by atoms with Crippen molar-refractivity contribution in [3.63, 3.8) is 0 Å². The van der Waals surface area contributed by atoms with Crippen molar-refractivity contribution in [2.75, 3.05) is 0 Å². The highest BCUT2D eigenvalue weighted by Crippen LogP contribution is 2.11. The molecule has 3 aromatic rings. The van der Waals surface area contributed by atoms with Gasteiger partial charge in [-0.2, -0.15) is 16.4 Å². The molecule has 0 unspecified atom stereocenters. The summed E-state index contributed by atoms with van der Waals surface area (Å²) in [4.78, 5) is 0. The van der Waals surface area contributed by atoms with E-state index in [1.54, 1.807) is 42.4 Å². The molecule has 25 heavy (non-hydrogen) atoms. The summed E-state index contributed by atoms with van der Waals surface area (Å²) >= 11 is 0. The van der Waals surface area contributed by atoms with E-state index in [9.17, 15) is 13.2 Å². The van der Waals surface area contributed by atoms with Crippen LogP contribution in [0.25, 0.3) is 0 Å². The molecule has 5 heteroatoms. The Kier molecular flexibility index (Phi) is 5.80. The maximum absolute atomic E-state index is 13.4. The number of hydrogen-bond donors (Lipinski definition) is 0. The molecule has 0 atom stereocenters. The van der Waals surface area contributed by atoms with Crippen molar-refractivity contribution in [2.24, 2.45) is 0 Å². The second-order valence-electron chi connectivity index (χ2n) is 5.82. The van der Waals surface area contributed by atoms with Crippen LogP contribution in [-0.2, 0) is 13.5 Å². The lowest BCUT2D eigenvalue weighted by molar-refractivity contribution is 0.628. The minimum absolute atomic E-state index is 0. The molecule has 3 rings (SSSR count). The van der Waals surface area contributed by atoms with Gasteiger partial charge in [0, 0.05) is 0 Å². The largest absolute Gasteiger partial charge is 0.239 e. The molecule has 0 radical (unpaired) electrons. The molecular weight excluding hydrogens is 340 g/mol. The maximum Gasteiger partial charge on any atom is 0.122 e. The first-order chi connectivity index (χ1) is 11.6. The third kappa shape index (κ3) is 3.51. The minimum Gasteiger partial charge on any atom is -0.239 e. The van der Waals surface area contributed by atoms with Crippen molar-refractivity contribution in [1.29, 1.82) is 0 Å². The van der Waals surface area contributed by atoms with Gasteiger partial charge < -0.3 is 0 Å². The summed E-state index contributed by atoms with van der Waals surface area (Å²) < 4.78 is 40.1. The Morgan fingerprint density at radius 3 is 1.00 bits per heavy atom. The molecule has 0 aliphatic rings. The van der Waals surface area contributed by atoms with Gasteiger partial charge in [0.2, 0.25) is 0 Å². The molecule has 3 aromatic carbocycles. The van der Waals surface area contributed by atoms with Crippen molar-refractivity contribution in [2.45, 2.75) is 0 Å². The summed E-state index contributed by atoms with van der Waals surface area (Å²) in [5.74, 6) is 0.746. The zero-order valence-corrected chi connectivity index (χ0v) is 14.7. The highest BCUT2D eigenvalue weighted by Gasteiger charge is 2.26. The first kappa shape index (κ1) is 18.9. The predicted molar refractivity (Wildman–Crippen MR) is 106 cm³/mol. The first-order valence-electron chi connectivity index (χ1n) is 7.64. The number of benzene rings is 3. The van der Waals surface area contributed by atoms with Gasteiger partial charge in [0.15, 0.2) is 0 Å². The van der Waals surface area contributed by atoms with Crippen LogP contribution in [0.15, 0.2) is 85.4 Å². The topological polar surface area (TPSA) is 0 Å². The van der Waals surface area contributed by atoms with Crippen LogP contribution in [0.1, 0.15) is 0 Å². The van der Waals surface area contributed by atoms with Gasteiger partial charge in [-0.1, -0.05) is 49.9 Å². The fourth-order valence-corrected chi connectivity index (χ4v) is 3.28. The highest BCUT2D eigenvalue weighted by atomic mass is 32.1. The Morgan fingerprint density at radius 2 is 0.800 bits per heavy atom. The number of rotatable bonds is 4. The molecule has 0 saturated heterocycles. The zero-order chi connectivity index (χ0) is 17.2. The van der Waals surface area contributed by atoms with E-state index in [-0.39, 0.29) is 30.9 Å². The monoisotopic (exact) mass is 358 g/mol. The van der Waals surface area contributed by atoms with Gasteiger partial charge in [-0.25, -0.2) is 19.1 Å². The smallest absolute Gasteiger partial charge is 0.122 e. The summed E-state index contributed by atoms with van der Waals surface area (Å²) in [6.45, 7) is 3.98. The standard InChI is InChI=1S/C20H15BF3.H2S/c1-2-21(15-3-9-18(22)10-4-15,16-5-11-19(23)12-6-16)17-7-13-20(24)14-8-17;/h2-14H,1H2;1H2/q-1;/p+1. The molecule has 0 nitrogen and oxygen atoms in total. The molecule has 0 fully saturated rings. The average Bonchev–Trinajstić information content (AvgIpc) is 2.60. The van der Waals surface area contributed by atoms with E-state index in [0.29, 0.717) is 0 Å². The van der Waals surface area contributed by atoms with Gasteiger partial charge in [0.05, 0.1) is 6.15 Å². The summed E-state index contributed by atoms with van der Waals surface area (Å²) in [6, 6.07) is 18.4. The van der Waals surface area contributed by atoms with Crippen LogP contribution < -0.4 is 16.4 Å². The normalized spacial score (nSPS) is 10.8. The lowest BCUT2D eigenvalue weighted by atomic mass is 9.16. The third-order valence-corrected chi connectivity index (χ3v) is 4.54. The molecule has 0 spiro atoms. The summed E-state index contributed by atoms with van der Waals surface area (Å²) in [5.41, 5.74) is 2.47. The van der Waals surface area contributed by atoms with E-state index < -0.39 is 6.15 Å². The molecule has 0 aliphatic heterocycles. The quantitative estimate of drug-likeness (QED) is 0.497. The molecule has 0 aromatic heterocycles. The Hall–Kier alpha value is -2.40. The van der Waals surface area contributed by atoms with Crippen molar-refractivity contribution in [3.05, 3.63) is 103 Å². The minimum atomic E-state index is -1.68. The second kappa shape index (κ2) is 7.66. The predicted octanol–water partition coefficient (Wildman–Crippen LogP) is 2.49. The Morgan fingerprint density at radius 1 is 0.560 bits per heavy atom. The Balaban J connectivity index is 0.00000225. The van der Waals surface area contributed by atoms with E-state index in [1.807, 2.05) is 0 Å². The fourth-order valence-electron chi connectivity index (χ4n) is 3.28. The van der Waals surface area contributed by atoms with Crippen LogP contribution in [0.4, 0.5) is 13.2 Å². The SMILES string of the molecule is C=C[B-](c1ccc(F)cc1)(c1ccc(F)cc1)c1ccc(F)cc1.[SH3+]. The Labute approximate surface area is 152 Å². The molecule has 128 valence electrons. The molecule has 0 N–H and O–H groups in total. The van der Waals surface area contributed by atoms with Crippen molar-refractivity contribution < 1.29 is 13.2 Å². The van der Waals surface area contributed by atoms with E-state index in [1.165, 1.54) is 36.4 Å². The summed E-state index contributed by atoms with van der Waals surface area (Å²) in [7, 11) is 0. The van der Waals surface area contributed by atoms with E-state index >= 15 is 0 Å². The van der Waals surface area contributed by atoms with Gasteiger partial charge in [0.1, 0.15) is 17.5 Å². The highest BCUT2D eigenvalue weighted by molar-refractivity contribution is 7.37. The van der Waals surface area contributed by atoms with E-state index in [4.69, 9.17) is 0 Å². The maximum atomic E-state index is 13.4. The molecule has 0 bridgehead atoms. The number of hydrogen-bond acceptors (Lipinski definition) is 0. The molecular formula is C20H18BF3S. The average molecular weight is 358 g/mol. The van der Waals surface area contributed by atoms with E-state index in [2.05, 4.69) is 6.58 Å². The zero-order valence-electron chi connectivity index (χ0n) is 13.5. The molecule has 0 heterocycles. The van der Waals surface area contributed by atoms with Gasteiger partial charge in [0.25, 0.3) is 0 Å². The van der Waals surface area contributed by atoms with E-state index in [0.717, 1.165) is 16.4 Å².